The standard InChI is InChI=1S/C15H24N2O3/c18-13(19)15(8-3-4-9-15)11-17-14(20)16-10-7-12-5-1-2-6-12/h5H,1-4,6-11H2,(H,18,19)(H2,16,17,20). The molecule has 2 rings (SSSR count). The van der Waals surface area contributed by atoms with Crippen LogP contribution in [0.15, 0.2) is 11.6 Å². The lowest BCUT2D eigenvalue weighted by Gasteiger charge is -2.24. The average molecular weight is 280 g/mol. The number of amides is 2. The van der Waals surface area contributed by atoms with E-state index < -0.39 is 11.4 Å². The number of rotatable bonds is 6. The van der Waals surface area contributed by atoms with Gasteiger partial charge in [0.25, 0.3) is 0 Å². The van der Waals surface area contributed by atoms with Crippen LogP contribution in [0.1, 0.15) is 51.4 Å². The molecule has 1 fully saturated rings. The Hall–Kier alpha value is -1.52. The number of hydrogen-bond acceptors (Lipinski definition) is 2. The van der Waals surface area contributed by atoms with Crippen LogP contribution in [0.2, 0.25) is 0 Å². The first-order chi connectivity index (χ1) is 9.62. The predicted octanol–water partition coefficient (Wildman–Crippen LogP) is 2.43. The van der Waals surface area contributed by atoms with Crippen molar-refractivity contribution < 1.29 is 14.7 Å². The van der Waals surface area contributed by atoms with Crippen molar-refractivity contribution in [1.82, 2.24) is 10.6 Å². The molecule has 0 unspecified atom stereocenters. The number of aliphatic carboxylic acids is 1. The Balaban J connectivity index is 1.67. The Kier molecular flexibility index (Phi) is 5.04. The molecule has 0 aromatic rings. The molecule has 0 aliphatic heterocycles. The van der Waals surface area contributed by atoms with Gasteiger partial charge in [0, 0.05) is 13.1 Å². The fraction of sp³-hybridized carbons (Fsp3) is 0.733. The molecular weight excluding hydrogens is 256 g/mol. The topological polar surface area (TPSA) is 78.4 Å². The van der Waals surface area contributed by atoms with Crippen LogP contribution in [0, 0.1) is 5.41 Å². The summed E-state index contributed by atoms with van der Waals surface area (Å²) in [5, 5.41) is 14.8. The van der Waals surface area contributed by atoms with E-state index in [2.05, 4.69) is 16.7 Å². The number of hydrogen-bond donors (Lipinski definition) is 3. The van der Waals surface area contributed by atoms with Crippen LogP contribution in [-0.4, -0.2) is 30.2 Å². The predicted molar refractivity (Wildman–Crippen MR) is 76.5 cm³/mol. The molecule has 0 spiro atoms. The number of carbonyl (C=O) groups is 2. The Morgan fingerprint density at radius 2 is 1.95 bits per heavy atom. The third kappa shape index (κ3) is 3.74. The minimum absolute atomic E-state index is 0.233. The van der Waals surface area contributed by atoms with Gasteiger partial charge in [-0.3, -0.25) is 4.79 Å². The zero-order valence-electron chi connectivity index (χ0n) is 11.9. The van der Waals surface area contributed by atoms with Crippen LogP contribution in [0.4, 0.5) is 4.79 Å². The van der Waals surface area contributed by atoms with Crippen LogP contribution < -0.4 is 10.6 Å². The molecule has 112 valence electrons. The van der Waals surface area contributed by atoms with Gasteiger partial charge in [0.2, 0.25) is 0 Å². The number of carbonyl (C=O) groups excluding carboxylic acids is 1. The maximum atomic E-state index is 11.7. The van der Waals surface area contributed by atoms with Gasteiger partial charge < -0.3 is 15.7 Å². The molecule has 0 bridgehead atoms. The lowest BCUT2D eigenvalue weighted by atomic mass is 9.86. The van der Waals surface area contributed by atoms with Crippen molar-refractivity contribution in [2.24, 2.45) is 5.41 Å². The summed E-state index contributed by atoms with van der Waals surface area (Å²) in [5.41, 5.74) is 0.675. The molecule has 0 saturated heterocycles. The van der Waals surface area contributed by atoms with Gasteiger partial charge in [-0.25, -0.2) is 4.79 Å². The van der Waals surface area contributed by atoms with Crippen molar-refractivity contribution in [2.45, 2.75) is 51.4 Å². The summed E-state index contributed by atoms with van der Waals surface area (Å²) in [5.74, 6) is -0.786. The monoisotopic (exact) mass is 280 g/mol. The zero-order valence-corrected chi connectivity index (χ0v) is 11.9. The van der Waals surface area contributed by atoms with E-state index in [1.54, 1.807) is 0 Å². The normalized spacial score (nSPS) is 20.5. The van der Waals surface area contributed by atoms with Crippen molar-refractivity contribution in [1.29, 1.82) is 0 Å². The number of carboxylic acids is 1. The summed E-state index contributed by atoms with van der Waals surface area (Å²) >= 11 is 0. The van der Waals surface area contributed by atoms with E-state index in [1.807, 2.05) is 0 Å². The Morgan fingerprint density at radius 1 is 1.20 bits per heavy atom. The summed E-state index contributed by atoms with van der Waals surface area (Å²) in [6, 6.07) is -0.254. The minimum Gasteiger partial charge on any atom is -0.481 e. The van der Waals surface area contributed by atoms with Crippen molar-refractivity contribution in [2.75, 3.05) is 13.1 Å². The van der Waals surface area contributed by atoms with E-state index in [9.17, 15) is 14.7 Å². The van der Waals surface area contributed by atoms with Crippen LogP contribution in [0.5, 0.6) is 0 Å². The van der Waals surface area contributed by atoms with Crippen LogP contribution in [0.3, 0.4) is 0 Å². The molecule has 2 aliphatic carbocycles. The van der Waals surface area contributed by atoms with Crippen LogP contribution >= 0.6 is 0 Å². The maximum Gasteiger partial charge on any atom is 0.314 e. The molecule has 5 heteroatoms. The van der Waals surface area contributed by atoms with E-state index in [-0.39, 0.29) is 12.6 Å². The molecule has 0 aromatic heterocycles. The fourth-order valence-electron chi connectivity index (χ4n) is 3.13. The number of nitrogens with one attached hydrogen (secondary N) is 2. The summed E-state index contributed by atoms with van der Waals surface area (Å²) in [6.45, 7) is 0.856. The highest BCUT2D eigenvalue weighted by atomic mass is 16.4. The molecule has 0 aromatic carbocycles. The van der Waals surface area contributed by atoms with E-state index >= 15 is 0 Å². The van der Waals surface area contributed by atoms with Crippen LogP contribution in [-0.2, 0) is 4.79 Å². The molecular formula is C15H24N2O3. The lowest BCUT2D eigenvalue weighted by Crippen LogP contribution is -2.45. The van der Waals surface area contributed by atoms with Crippen molar-refractivity contribution in [3.63, 3.8) is 0 Å². The Labute approximate surface area is 119 Å². The van der Waals surface area contributed by atoms with Gasteiger partial charge in [0.05, 0.1) is 5.41 Å². The first-order valence-corrected chi connectivity index (χ1v) is 7.55. The third-order valence-electron chi connectivity index (χ3n) is 4.47. The second-order valence-corrected chi connectivity index (χ2v) is 5.91. The molecule has 3 N–H and O–H groups in total. The summed E-state index contributed by atoms with van der Waals surface area (Å²) < 4.78 is 0. The van der Waals surface area contributed by atoms with Gasteiger partial charge in [-0.1, -0.05) is 24.5 Å². The largest absolute Gasteiger partial charge is 0.481 e. The van der Waals surface area contributed by atoms with E-state index in [1.165, 1.54) is 12.0 Å². The third-order valence-corrected chi connectivity index (χ3v) is 4.47. The van der Waals surface area contributed by atoms with Gasteiger partial charge in [-0.2, -0.15) is 0 Å². The molecule has 20 heavy (non-hydrogen) atoms. The second-order valence-electron chi connectivity index (χ2n) is 5.91. The van der Waals surface area contributed by atoms with Gasteiger partial charge >= 0.3 is 12.0 Å². The van der Waals surface area contributed by atoms with Gasteiger partial charge in [-0.05, 0) is 38.5 Å². The van der Waals surface area contributed by atoms with E-state index in [0.717, 1.165) is 32.1 Å². The van der Waals surface area contributed by atoms with Gasteiger partial charge in [-0.15, -0.1) is 0 Å². The van der Waals surface area contributed by atoms with Crippen molar-refractivity contribution in [3.8, 4) is 0 Å². The molecule has 0 atom stereocenters. The highest BCUT2D eigenvalue weighted by Crippen LogP contribution is 2.37. The summed E-state index contributed by atoms with van der Waals surface area (Å²) in [4.78, 5) is 23.0. The van der Waals surface area contributed by atoms with Gasteiger partial charge in [0.1, 0.15) is 0 Å². The lowest BCUT2D eigenvalue weighted by molar-refractivity contribution is -0.148. The first-order valence-electron chi connectivity index (χ1n) is 7.55. The molecule has 0 radical (unpaired) electrons. The molecule has 2 aliphatic rings. The average Bonchev–Trinajstić information content (AvgIpc) is 3.08. The quantitative estimate of drug-likeness (QED) is 0.654. The zero-order chi connectivity index (χ0) is 14.4. The molecule has 0 heterocycles. The number of allylic oxidation sites excluding steroid dienone is 1. The van der Waals surface area contributed by atoms with Crippen LogP contribution in [0.25, 0.3) is 0 Å². The SMILES string of the molecule is O=C(NCCC1=CCCC1)NCC1(C(=O)O)CCCC1. The van der Waals surface area contributed by atoms with Crippen molar-refractivity contribution in [3.05, 3.63) is 11.6 Å². The first kappa shape index (κ1) is 14.9. The smallest absolute Gasteiger partial charge is 0.314 e. The highest BCUT2D eigenvalue weighted by molar-refractivity contribution is 5.78. The Morgan fingerprint density at radius 3 is 2.55 bits per heavy atom. The second kappa shape index (κ2) is 6.77. The van der Waals surface area contributed by atoms with Crippen molar-refractivity contribution >= 4 is 12.0 Å². The van der Waals surface area contributed by atoms with Gasteiger partial charge in [0.15, 0.2) is 0 Å². The van der Waals surface area contributed by atoms with E-state index in [0.29, 0.717) is 19.4 Å². The number of carboxylic acid groups (broad SMARTS) is 1. The highest BCUT2D eigenvalue weighted by Gasteiger charge is 2.41. The fourth-order valence-corrected chi connectivity index (χ4v) is 3.13. The molecule has 5 nitrogen and oxygen atoms in total. The summed E-state index contributed by atoms with van der Waals surface area (Å²) in [7, 11) is 0. The minimum atomic E-state index is -0.786. The van der Waals surface area contributed by atoms with E-state index in [4.69, 9.17) is 0 Å². The molecule has 2 amide bonds. The molecule has 1 saturated carbocycles. The number of urea groups is 1. The Bertz CT molecular complexity index is 398. The maximum absolute atomic E-state index is 11.7. The summed E-state index contributed by atoms with van der Waals surface area (Å²) in [6.07, 6.45) is 9.87.